The highest BCUT2D eigenvalue weighted by molar-refractivity contribution is 7.14. The average molecular weight is 410 g/mol. The predicted octanol–water partition coefficient (Wildman–Crippen LogP) is 2.44. The molecular weight excluding hydrogens is 379 g/mol. The van der Waals surface area contributed by atoms with Gasteiger partial charge in [-0.1, -0.05) is 30.3 Å². The number of nitrogens with two attached hydrogens (primary N) is 1. The molecule has 0 bridgehead atoms. The molecule has 0 fully saturated rings. The van der Waals surface area contributed by atoms with E-state index in [0.29, 0.717) is 6.54 Å². The molecule has 2 unspecified atom stereocenters. The Balaban J connectivity index is 1.68. The molecule has 1 aliphatic heterocycles. The lowest BCUT2D eigenvalue weighted by atomic mass is 10.1. The highest BCUT2D eigenvalue weighted by Gasteiger charge is 2.26. The van der Waals surface area contributed by atoms with Gasteiger partial charge >= 0.3 is 0 Å². The largest absolute Gasteiger partial charge is 0.347 e. The third-order valence-electron chi connectivity index (χ3n) is 5.43. The van der Waals surface area contributed by atoms with E-state index in [-0.39, 0.29) is 18.0 Å². The van der Waals surface area contributed by atoms with Crippen molar-refractivity contribution >= 4 is 31.3 Å². The molecule has 2 atom stereocenters. The molecule has 1 aromatic heterocycles. The van der Waals surface area contributed by atoms with Crippen molar-refractivity contribution in [3.05, 3.63) is 57.3 Å². The number of fused-ring (bicyclic) bond motifs is 1. The van der Waals surface area contributed by atoms with Gasteiger partial charge in [0.05, 0.1) is 11.5 Å². The third-order valence-corrected chi connectivity index (χ3v) is 6.64. The van der Waals surface area contributed by atoms with Crippen LogP contribution < -0.4 is 11.1 Å². The number of benzene rings is 1. The number of hydrogen-bond acceptors (Lipinski definition) is 5. The van der Waals surface area contributed by atoms with Gasteiger partial charge in [-0.25, -0.2) is 0 Å². The lowest BCUT2D eigenvalue weighted by Gasteiger charge is -2.25. The smallest absolute Gasteiger partial charge is 0.261 e. The highest BCUT2D eigenvalue weighted by Crippen LogP contribution is 2.34. The van der Waals surface area contributed by atoms with Crippen LogP contribution in [0.3, 0.4) is 0 Å². The fourth-order valence-corrected chi connectivity index (χ4v) is 4.97. The number of thiophene rings is 1. The number of aliphatic imine (C=N–C) groups is 1. The van der Waals surface area contributed by atoms with Gasteiger partial charge in [-0.3, -0.25) is 14.7 Å². The summed E-state index contributed by atoms with van der Waals surface area (Å²) in [7, 11) is 2.10. The van der Waals surface area contributed by atoms with Crippen LogP contribution in [0.25, 0.3) is 0 Å². The number of carbonyl (C=O) groups is 1. The molecule has 0 radical (unpaired) electrons. The zero-order valence-electron chi connectivity index (χ0n) is 17.4. The maximum atomic E-state index is 12.9. The third kappa shape index (κ3) is 5.78. The zero-order chi connectivity index (χ0) is 20.6. The molecule has 5 nitrogen and oxygen atoms in total. The Morgan fingerprint density at radius 1 is 1.45 bits per heavy atom. The number of nitrogens with zero attached hydrogens (tertiary/aromatic N) is 2. The van der Waals surface area contributed by atoms with Crippen molar-refractivity contribution in [2.45, 2.75) is 44.6 Å². The molecule has 2 aromatic rings. The molecule has 7 heteroatoms. The van der Waals surface area contributed by atoms with Gasteiger partial charge in [-0.2, -0.15) is 0 Å². The van der Waals surface area contributed by atoms with Gasteiger partial charge in [0.1, 0.15) is 7.85 Å². The van der Waals surface area contributed by atoms with Crippen molar-refractivity contribution in [1.82, 2.24) is 10.2 Å². The Hall–Kier alpha value is -1.96. The molecule has 3 rings (SSSR count). The average Bonchev–Trinajstić information content (AvgIpc) is 3.11. The minimum atomic E-state index is -0.0656. The molecule has 154 valence electrons. The first-order valence-corrected chi connectivity index (χ1v) is 11.3. The summed E-state index contributed by atoms with van der Waals surface area (Å²) in [5.74, 6) is -0.0165. The summed E-state index contributed by atoms with van der Waals surface area (Å²) in [4.78, 5) is 21.9. The Bertz CT molecular complexity index is 823. The molecule has 3 N–H and O–H groups in total. The number of hydrogen-bond donors (Lipinski definition) is 2. The van der Waals surface area contributed by atoms with E-state index in [1.807, 2.05) is 24.4 Å². The molecular formula is C22H31BN4OS. The van der Waals surface area contributed by atoms with E-state index in [9.17, 15) is 4.79 Å². The van der Waals surface area contributed by atoms with Crippen LogP contribution in [0.5, 0.6) is 0 Å². The van der Waals surface area contributed by atoms with Crippen molar-refractivity contribution in [3.63, 3.8) is 0 Å². The molecule has 0 spiro atoms. The number of rotatable bonds is 8. The molecule has 1 amide bonds. The van der Waals surface area contributed by atoms with Gasteiger partial charge < -0.3 is 11.1 Å². The molecule has 2 heterocycles. The summed E-state index contributed by atoms with van der Waals surface area (Å²) in [5.41, 5.74) is 8.39. The first-order valence-electron chi connectivity index (χ1n) is 10.5. The Kier molecular flexibility index (Phi) is 8.04. The van der Waals surface area contributed by atoms with E-state index in [0.717, 1.165) is 43.7 Å². The topological polar surface area (TPSA) is 70.7 Å². The molecule has 0 saturated heterocycles. The van der Waals surface area contributed by atoms with Gasteiger partial charge in [0.25, 0.3) is 5.91 Å². The van der Waals surface area contributed by atoms with Crippen LogP contribution >= 0.6 is 11.3 Å². The van der Waals surface area contributed by atoms with E-state index in [1.165, 1.54) is 16.0 Å². The molecule has 29 heavy (non-hydrogen) atoms. The lowest BCUT2D eigenvalue weighted by Crippen LogP contribution is -2.41. The highest BCUT2D eigenvalue weighted by atomic mass is 32.1. The molecule has 1 aliphatic rings. The van der Waals surface area contributed by atoms with Crippen LogP contribution in [0.1, 0.15) is 45.1 Å². The summed E-state index contributed by atoms with van der Waals surface area (Å²) >= 11 is 1.63. The number of aryl methyl sites for hydroxylation is 1. The normalized spacial score (nSPS) is 18.3. The summed E-state index contributed by atoms with van der Waals surface area (Å²) in [6.45, 7) is 4.40. The van der Waals surface area contributed by atoms with Crippen LogP contribution in [-0.2, 0) is 12.8 Å². The monoisotopic (exact) mass is 410 g/mol. The van der Waals surface area contributed by atoms with Crippen LogP contribution in [-0.4, -0.2) is 50.7 Å². The number of nitrogens with one attached hydrogen (secondary N) is 1. The summed E-state index contributed by atoms with van der Waals surface area (Å²) < 4.78 is 0. The van der Waals surface area contributed by atoms with Gasteiger partial charge in [0.15, 0.2) is 0 Å². The second-order valence-electron chi connectivity index (χ2n) is 7.59. The van der Waals surface area contributed by atoms with Crippen molar-refractivity contribution in [3.8, 4) is 0 Å². The lowest BCUT2D eigenvalue weighted by molar-refractivity contribution is 0.0942. The summed E-state index contributed by atoms with van der Waals surface area (Å²) in [6.07, 6.45) is 5.80. The zero-order valence-corrected chi connectivity index (χ0v) is 18.3. The van der Waals surface area contributed by atoms with Crippen LogP contribution in [0, 0.1) is 0 Å². The standard InChI is InChI=1S/C22H31BN4OS/c1-16-19-13-21(29-20(19)8-5-11-27(16)15-25-10-9-23)22(28)26-18(14-24)12-17-6-3-2-4-7-17/h2-4,6-7,10,13,16,18H,5,8-9,11-12,14-15,23-24H2,1H3,(H,26,28)/b25-10-. The van der Waals surface area contributed by atoms with E-state index in [1.54, 1.807) is 11.3 Å². The fourth-order valence-electron chi connectivity index (χ4n) is 3.77. The quantitative estimate of drug-likeness (QED) is 0.519. The van der Waals surface area contributed by atoms with Crippen molar-refractivity contribution in [1.29, 1.82) is 0 Å². The predicted molar refractivity (Wildman–Crippen MR) is 125 cm³/mol. The van der Waals surface area contributed by atoms with Crippen LogP contribution in [0.2, 0.25) is 6.32 Å². The number of carbonyl (C=O) groups excluding carboxylic acids is 1. The minimum absolute atomic E-state index is 0.0165. The first-order chi connectivity index (χ1) is 14.1. The minimum Gasteiger partial charge on any atom is -0.347 e. The molecule has 1 aromatic carbocycles. The first kappa shape index (κ1) is 21.7. The van der Waals surface area contributed by atoms with Crippen LogP contribution in [0.4, 0.5) is 0 Å². The SMILES string of the molecule is BC/C=N\CN1CCCc2sc(C(=O)NC(CN)Cc3ccccc3)cc2C1C. The maximum Gasteiger partial charge on any atom is 0.261 e. The second-order valence-corrected chi connectivity index (χ2v) is 8.73. The van der Waals surface area contributed by atoms with Crippen LogP contribution in [0.15, 0.2) is 41.4 Å². The van der Waals surface area contributed by atoms with Crippen molar-refractivity contribution in [2.24, 2.45) is 10.7 Å². The Labute approximate surface area is 178 Å². The van der Waals surface area contributed by atoms with E-state index in [4.69, 9.17) is 5.73 Å². The fraction of sp³-hybridized carbons (Fsp3) is 0.455. The van der Waals surface area contributed by atoms with Crippen molar-refractivity contribution in [2.75, 3.05) is 19.8 Å². The Morgan fingerprint density at radius 3 is 2.97 bits per heavy atom. The van der Waals surface area contributed by atoms with Gasteiger partial charge in [-0.15, -0.1) is 11.3 Å². The molecule has 0 aliphatic carbocycles. The van der Waals surface area contributed by atoms with E-state index < -0.39 is 0 Å². The van der Waals surface area contributed by atoms with Gasteiger partial charge in [-0.05, 0) is 55.9 Å². The van der Waals surface area contributed by atoms with Gasteiger partial charge in [0.2, 0.25) is 0 Å². The van der Waals surface area contributed by atoms with E-state index in [2.05, 4.69) is 48.2 Å². The summed E-state index contributed by atoms with van der Waals surface area (Å²) in [5, 5.41) is 3.13. The molecule has 0 saturated carbocycles. The van der Waals surface area contributed by atoms with Crippen molar-refractivity contribution < 1.29 is 4.79 Å². The van der Waals surface area contributed by atoms with E-state index >= 15 is 0 Å². The Morgan fingerprint density at radius 2 is 2.24 bits per heavy atom. The summed E-state index contributed by atoms with van der Waals surface area (Å²) in [6, 6.07) is 12.4. The second kappa shape index (κ2) is 10.7. The van der Waals surface area contributed by atoms with Gasteiger partial charge in [0, 0.05) is 30.1 Å². The maximum absolute atomic E-state index is 12.9. The number of amides is 1.